The van der Waals surface area contributed by atoms with Gasteiger partial charge in [0, 0.05) is 11.8 Å². The van der Waals surface area contributed by atoms with Gasteiger partial charge in [-0.2, -0.15) is 0 Å². The van der Waals surface area contributed by atoms with Crippen LogP contribution < -0.4 is 14.8 Å². The normalized spacial score (nSPS) is 10.1. The van der Waals surface area contributed by atoms with E-state index in [-0.39, 0.29) is 24.0 Å². The van der Waals surface area contributed by atoms with Crippen LogP contribution in [0.1, 0.15) is 0 Å². The summed E-state index contributed by atoms with van der Waals surface area (Å²) in [7, 11) is 2.80. The summed E-state index contributed by atoms with van der Waals surface area (Å²) in [5.41, 5.74) is 0.259. The lowest BCUT2D eigenvalue weighted by molar-refractivity contribution is -0.385. The molecule has 0 aliphatic carbocycles. The van der Waals surface area contributed by atoms with Crippen LogP contribution in [0.2, 0.25) is 0 Å². The maximum absolute atomic E-state index is 11.9. The summed E-state index contributed by atoms with van der Waals surface area (Å²) in [6.07, 6.45) is 1.14. The first-order chi connectivity index (χ1) is 10.5. The average molecular weight is 306 g/mol. The minimum Gasteiger partial charge on any atom is -0.497 e. The van der Waals surface area contributed by atoms with Gasteiger partial charge >= 0.3 is 11.6 Å². The number of methoxy groups -OCH3 is 2. The number of benzene rings is 1. The number of anilines is 1. The molecule has 2 rings (SSSR count). The summed E-state index contributed by atoms with van der Waals surface area (Å²) in [5, 5.41) is 17.3. The monoisotopic (exact) mass is 306 g/mol. The van der Waals surface area contributed by atoms with Crippen LogP contribution in [-0.4, -0.2) is 34.8 Å². The largest absolute Gasteiger partial charge is 0.497 e. The van der Waals surface area contributed by atoms with Gasteiger partial charge in [0.05, 0.1) is 19.1 Å². The Bertz CT molecular complexity index is 697. The number of nitro groups is 1. The molecular weight excluding hydrogens is 292 g/mol. The molecule has 1 amide bonds. The molecule has 9 heteroatoms. The predicted molar refractivity (Wildman–Crippen MR) is 77.1 cm³/mol. The molecule has 1 N–H and O–H groups in total. The fraction of sp³-hybridized carbons (Fsp3) is 0.231. The van der Waals surface area contributed by atoms with E-state index in [0.29, 0.717) is 11.4 Å². The third-order valence-corrected chi connectivity index (χ3v) is 2.76. The Kier molecular flexibility index (Phi) is 4.57. The maximum Gasteiger partial charge on any atom is 0.350 e. The number of carbonyl (C=O) groups is 1. The SMILES string of the molecule is COc1cccc(NC(=O)Cn2cc([N+](=O)[O-])c(OC)n2)c1. The summed E-state index contributed by atoms with van der Waals surface area (Å²) in [4.78, 5) is 22.1. The third kappa shape index (κ3) is 3.51. The minimum atomic E-state index is -0.623. The highest BCUT2D eigenvalue weighted by Gasteiger charge is 2.21. The second kappa shape index (κ2) is 6.57. The van der Waals surface area contributed by atoms with E-state index in [1.165, 1.54) is 14.2 Å². The molecule has 0 saturated heterocycles. The van der Waals surface area contributed by atoms with Gasteiger partial charge in [0.1, 0.15) is 18.5 Å². The van der Waals surface area contributed by atoms with Gasteiger partial charge in [-0.25, -0.2) is 0 Å². The van der Waals surface area contributed by atoms with E-state index >= 15 is 0 Å². The van der Waals surface area contributed by atoms with E-state index in [4.69, 9.17) is 9.47 Å². The molecular formula is C13H14N4O5. The first-order valence-corrected chi connectivity index (χ1v) is 6.23. The number of hydrogen-bond acceptors (Lipinski definition) is 6. The number of carbonyl (C=O) groups excluding carboxylic acids is 1. The lowest BCUT2D eigenvalue weighted by Crippen LogP contribution is -2.19. The van der Waals surface area contributed by atoms with E-state index in [2.05, 4.69) is 10.4 Å². The van der Waals surface area contributed by atoms with Crippen LogP contribution in [-0.2, 0) is 11.3 Å². The number of hydrogen-bond donors (Lipinski definition) is 1. The third-order valence-electron chi connectivity index (χ3n) is 2.76. The number of aromatic nitrogens is 2. The van der Waals surface area contributed by atoms with Gasteiger partial charge in [-0.05, 0) is 12.1 Å². The van der Waals surface area contributed by atoms with E-state index < -0.39 is 4.92 Å². The van der Waals surface area contributed by atoms with Crippen LogP contribution in [0.3, 0.4) is 0 Å². The average Bonchev–Trinajstić information content (AvgIpc) is 2.90. The molecule has 0 bridgehead atoms. The van der Waals surface area contributed by atoms with Gasteiger partial charge < -0.3 is 14.8 Å². The van der Waals surface area contributed by atoms with Crippen LogP contribution in [0, 0.1) is 10.1 Å². The first-order valence-electron chi connectivity index (χ1n) is 6.23. The van der Waals surface area contributed by atoms with Gasteiger partial charge in [0.15, 0.2) is 0 Å². The van der Waals surface area contributed by atoms with Crippen LogP contribution in [0.25, 0.3) is 0 Å². The zero-order valence-corrected chi connectivity index (χ0v) is 12.0. The van der Waals surface area contributed by atoms with Crippen molar-refractivity contribution in [2.24, 2.45) is 0 Å². The standard InChI is InChI=1S/C13H14N4O5/c1-21-10-5-3-4-9(6-10)14-12(18)8-16-7-11(17(19)20)13(15-16)22-2/h3-7H,8H2,1-2H3,(H,14,18). The fourth-order valence-corrected chi connectivity index (χ4v) is 1.79. The van der Waals surface area contributed by atoms with Crippen LogP contribution in [0.15, 0.2) is 30.5 Å². The highest BCUT2D eigenvalue weighted by molar-refractivity contribution is 5.90. The molecule has 0 aliphatic heterocycles. The quantitative estimate of drug-likeness (QED) is 0.639. The Hall–Kier alpha value is -3.10. The Morgan fingerprint density at radius 3 is 2.77 bits per heavy atom. The molecule has 116 valence electrons. The molecule has 1 heterocycles. The number of ether oxygens (including phenoxy) is 2. The van der Waals surface area contributed by atoms with Gasteiger partial charge in [-0.15, -0.1) is 5.10 Å². The zero-order valence-electron chi connectivity index (χ0n) is 12.0. The summed E-state index contributed by atoms with van der Waals surface area (Å²) in [6, 6.07) is 6.84. The molecule has 1 aromatic heterocycles. The van der Waals surface area contributed by atoms with Crippen molar-refractivity contribution in [1.82, 2.24) is 9.78 Å². The van der Waals surface area contributed by atoms with Crippen molar-refractivity contribution in [2.75, 3.05) is 19.5 Å². The molecule has 0 spiro atoms. The molecule has 0 radical (unpaired) electrons. The second-order valence-electron chi connectivity index (χ2n) is 4.26. The molecule has 0 unspecified atom stereocenters. The Morgan fingerprint density at radius 2 is 2.18 bits per heavy atom. The first kappa shape index (κ1) is 15.3. The van der Waals surface area contributed by atoms with E-state index in [9.17, 15) is 14.9 Å². The molecule has 2 aromatic rings. The molecule has 0 fully saturated rings. The van der Waals surface area contributed by atoms with Gasteiger partial charge in [-0.3, -0.25) is 19.6 Å². The van der Waals surface area contributed by atoms with Crippen molar-refractivity contribution in [2.45, 2.75) is 6.54 Å². The van der Waals surface area contributed by atoms with Crippen molar-refractivity contribution in [3.8, 4) is 11.6 Å². The second-order valence-corrected chi connectivity index (χ2v) is 4.26. The zero-order chi connectivity index (χ0) is 16.1. The molecule has 0 atom stereocenters. The highest BCUT2D eigenvalue weighted by atomic mass is 16.6. The lowest BCUT2D eigenvalue weighted by atomic mass is 10.3. The Balaban J connectivity index is 2.07. The van der Waals surface area contributed by atoms with Crippen LogP contribution in [0.4, 0.5) is 11.4 Å². The smallest absolute Gasteiger partial charge is 0.350 e. The van der Waals surface area contributed by atoms with Crippen molar-refractivity contribution in [3.63, 3.8) is 0 Å². The number of amides is 1. The van der Waals surface area contributed by atoms with E-state index in [0.717, 1.165) is 10.9 Å². The van der Waals surface area contributed by atoms with Crippen molar-refractivity contribution in [1.29, 1.82) is 0 Å². The summed E-state index contributed by atoms with van der Waals surface area (Å²) in [6.45, 7) is -0.179. The maximum atomic E-state index is 11.9. The van der Waals surface area contributed by atoms with Gasteiger partial charge in [0.2, 0.25) is 5.91 Å². The molecule has 1 aromatic carbocycles. The van der Waals surface area contributed by atoms with Crippen molar-refractivity contribution in [3.05, 3.63) is 40.6 Å². The van der Waals surface area contributed by atoms with Gasteiger partial charge in [-0.1, -0.05) is 6.07 Å². The lowest BCUT2D eigenvalue weighted by Gasteiger charge is -2.06. The highest BCUT2D eigenvalue weighted by Crippen LogP contribution is 2.24. The van der Waals surface area contributed by atoms with E-state index in [1.54, 1.807) is 24.3 Å². The van der Waals surface area contributed by atoms with E-state index in [1.807, 2.05) is 0 Å². The van der Waals surface area contributed by atoms with Crippen molar-refractivity contribution >= 4 is 17.3 Å². The topological polar surface area (TPSA) is 109 Å². The summed E-state index contributed by atoms with van der Waals surface area (Å²) < 4.78 is 11.0. The number of nitrogens with zero attached hydrogens (tertiary/aromatic N) is 3. The minimum absolute atomic E-state index is 0.140. The Labute approximate surface area is 125 Å². The van der Waals surface area contributed by atoms with Crippen LogP contribution in [0.5, 0.6) is 11.6 Å². The molecule has 9 nitrogen and oxygen atoms in total. The number of rotatable bonds is 6. The van der Waals surface area contributed by atoms with Gasteiger partial charge in [0.25, 0.3) is 0 Å². The summed E-state index contributed by atoms with van der Waals surface area (Å²) in [5.74, 6) is 0.0849. The molecule has 0 aliphatic rings. The fourth-order valence-electron chi connectivity index (χ4n) is 1.79. The molecule has 22 heavy (non-hydrogen) atoms. The number of nitrogens with one attached hydrogen (secondary N) is 1. The van der Waals surface area contributed by atoms with Crippen molar-refractivity contribution < 1.29 is 19.2 Å². The molecule has 0 saturated carbocycles. The predicted octanol–water partition coefficient (Wildman–Crippen LogP) is 1.45. The summed E-state index contributed by atoms with van der Waals surface area (Å²) >= 11 is 0. The van der Waals surface area contributed by atoms with Crippen LogP contribution >= 0.6 is 0 Å². The Morgan fingerprint density at radius 1 is 1.41 bits per heavy atom.